The van der Waals surface area contributed by atoms with Gasteiger partial charge in [0, 0.05) is 6.07 Å². The maximum Gasteiger partial charge on any atom is 0.322 e. The van der Waals surface area contributed by atoms with E-state index in [1.165, 1.54) is 44.2 Å². The van der Waals surface area contributed by atoms with Gasteiger partial charge in [0.15, 0.2) is 11.4 Å². The van der Waals surface area contributed by atoms with Crippen LogP contribution in [0.4, 0.5) is 5.69 Å². The molecule has 10 heteroatoms. The third-order valence-corrected chi connectivity index (χ3v) is 10.6. The van der Waals surface area contributed by atoms with E-state index in [1.807, 2.05) is 6.07 Å². The molecule has 9 nitrogen and oxygen atoms in total. The standard InChI is InChI=1S/C26H33N3O6Si/c1-15-14-36(7,8)19-13-16(9-10-17(19)26(15,2)3)34-20-12-11-18(35-20)22(30)27-21-23(31-4)28-25(33-6)29-24(21)32-5/h9-13,15H,14H2,1-8H3,(H,27,30). The number of fused-ring (bicyclic) bond motifs is 1. The zero-order valence-electron chi connectivity index (χ0n) is 22.0. The first-order chi connectivity index (χ1) is 17.0. The van der Waals surface area contributed by atoms with Gasteiger partial charge in [0.2, 0.25) is 11.8 Å². The zero-order chi connectivity index (χ0) is 26.3. The smallest absolute Gasteiger partial charge is 0.322 e. The van der Waals surface area contributed by atoms with Crippen LogP contribution in [0.15, 0.2) is 34.7 Å². The number of carbonyl (C=O) groups excluding carboxylic acids is 1. The Labute approximate surface area is 212 Å². The van der Waals surface area contributed by atoms with Crippen LogP contribution in [-0.2, 0) is 5.41 Å². The molecule has 2 aromatic heterocycles. The van der Waals surface area contributed by atoms with Gasteiger partial charge in [0.05, 0.1) is 29.4 Å². The molecule has 0 saturated carbocycles. The molecule has 0 fully saturated rings. The van der Waals surface area contributed by atoms with Crippen molar-refractivity contribution in [3.8, 4) is 29.5 Å². The summed E-state index contributed by atoms with van der Waals surface area (Å²) in [5, 5.41) is 4.09. The van der Waals surface area contributed by atoms with E-state index in [9.17, 15) is 4.79 Å². The molecule has 1 atom stereocenters. The molecule has 0 aliphatic carbocycles. The monoisotopic (exact) mass is 511 g/mol. The Morgan fingerprint density at radius 1 is 1.06 bits per heavy atom. The van der Waals surface area contributed by atoms with E-state index >= 15 is 0 Å². The molecule has 0 radical (unpaired) electrons. The van der Waals surface area contributed by atoms with Crippen LogP contribution in [0.3, 0.4) is 0 Å². The van der Waals surface area contributed by atoms with Crippen molar-refractivity contribution in [1.82, 2.24) is 9.97 Å². The Morgan fingerprint density at radius 2 is 1.72 bits per heavy atom. The summed E-state index contributed by atoms with van der Waals surface area (Å²) in [5.41, 5.74) is 1.66. The molecule has 0 saturated heterocycles. The zero-order valence-corrected chi connectivity index (χ0v) is 23.0. The molecule has 1 N–H and O–H groups in total. The fourth-order valence-electron chi connectivity index (χ4n) is 4.79. The molecular weight excluding hydrogens is 478 g/mol. The number of nitrogens with one attached hydrogen (secondary N) is 1. The number of carbonyl (C=O) groups is 1. The molecule has 3 heterocycles. The summed E-state index contributed by atoms with van der Waals surface area (Å²) in [6.07, 6.45) is 0. The molecule has 0 bridgehead atoms. The summed E-state index contributed by atoms with van der Waals surface area (Å²) >= 11 is 0. The topological polar surface area (TPSA) is 105 Å². The van der Waals surface area contributed by atoms with Crippen molar-refractivity contribution < 1.29 is 28.2 Å². The van der Waals surface area contributed by atoms with Gasteiger partial charge in [-0.05, 0) is 35.1 Å². The summed E-state index contributed by atoms with van der Waals surface area (Å²) in [5.74, 6) is 1.22. The average molecular weight is 512 g/mol. The second-order valence-electron chi connectivity index (χ2n) is 10.2. The summed E-state index contributed by atoms with van der Waals surface area (Å²) in [7, 11) is 2.64. The first-order valence-electron chi connectivity index (χ1n) is 11.8. The lowest BCUT2D eigenvalue weighted by Gasteiger charge is -2.45. The van der Waals surface area contributed by atoms with E-state index in [4.69, 9.17) is 23.4 Å². The molecule has 3 aromatic rings. The maximum atomic E-state index is 12.9. The van der Waals surface area contributed by atoms with Gasteiger partial charge in [-0.2, -0.15) is 9.97 Å². The summed E-state index contributed by atoms with van der Waals surface area (Å²) < 4.78 is 27.3. The SMILES string of the molecule is COc1nc(OC)c(NC(=O)c2ccc(Oc3ccc4c(c3)[Si](C)(C)CC(C)C4(C)C)o2)c(OC)n1. The predicted molar refractivity (Wildman–Crippen MR) is 139 cm³/mol. The van der Waals surface area contributed by atoms with Gasteiger partial charge >= 0.3 is 6.01 Å². The first kappa shape index (κ1) is 25.6. The lowest BCUT2D eigenvalue weighted by Crippen LogP contribution is -2.54. The van der Waals surface area contributed by atoms with Gasteiger partial charge in [0.25, 0.3) is 11.9 Å². The fraction of sp³-hybridized carbons (Fsp3) is 0.423. The van der Waals surface area contributed by atoms with Crippen LogP contribution in [0.5, 0.6) is 29.5 Å². The Balaban J connectivity index is 1.55. The highest BCUT2D eigenvalue weighted by Gasteiger charge is 2.43. The number of anilines is 1. The van der Waals surface area contributed by atoms with E-state index in [1.54, 1.807) is 6.07 Å². The molecule has 1 aromatic carbocycles. The molecule has 1 aliphatic rings. The van der Waals surface area contributed by atoms with Crippen molar-refractivity contribution in [2.45, 2.75) is 45.3 Å². The number of hydrogen-bond donors (Lipinski definition) is 1. The fourth-order valence-corrected chi connectivity index (χ4v) is 8.72. The largest absolute Gasteiger partial charge is 0.479 e. The minimum atomic E-state index is -1.61. The number of ether oxygens (including phenoxy) is 4. The van der Waals surface area contributed by atoms with Gasteiger partial charge in [-0.25, -0.2) is 0 Å². The molecule has 192 valence electrons. The molecule has 1 aliphatic heterocycles. The molecular formula is C26H33N3O6Si. The quantitative estimate of drug-likeness (QED) is 0.443. The molecule has 1 amide bonds. The van der Waals surface area contributed by atoms with E-state index in [0.717, 1.165) is 0 Å². The average Bonchev–Trinajstić information content (AvgIpc) is 3.31. The number of furan rings is 1. The molecule has 36 heavy (non-hydrogen) atoms. The van der Waals surface area contributed by atoms with Crippen LogP contribution in [0.2, 0.25) is 19.1 Å². The Bertz CT molecular complexity index is 1260. The van der Waals surface area contributed by atoms with Crippen molar-refractivity contribution in [3.05, 3.63) is 41.7 Å². The van der Waals surface area contributed by atoms with Crippen molar-refractivity contribution in [2.24, 2.45) is 5.92 Å². The van der Waals surface area contributed by atoms with Crippen LogP contribution >= 0.6 is 0 Å². The number of amides is 1. The highest BCUT2D eigenvalue weighted by atomic mass is 28.3. The van der Waals surface area contributed by atoms with Crippen molar-refractivity contribution in [3.63, 3.8) is 0 Å². The second kappa shape index (κ2) is 9.49. The van der Waals surface area contributed by atoms with Crippen LogP contribution in [0.1, 0.15) is 36.9 Å². The number of hydrogen-bond acceptors (Lipinski definition) is 8. The number of aromatic nitrogens is 2. The molecule has 1 unspecified atom stereocenters. The van der Waals surface area contributed by atoms with Crippen LogP contribution in [0, 0.1) is 5.92 Å². The summed E-state index contributed by atoms with van der Waals surface area (Å²) in [4.78, 5) is 21.1. The summed E-state index contributed by atoms with van der Waals surface area (Å²) in [6, 6.07) is 10.7. The lowest BCUT2D eigenvalue weighted by atomic mass is 9.74. The minimum Gasteiger partial charge on any atom is -0.479 e. The Hall–Kier alpha value is -3.53. The number of rotatable bonds is 7. The van der Waals surface area contributed by atoms with E-state index < -0.39 is 14.0 Å². The Kier molecular flexibility index (Phi) is 6.74. The van der Waals surface area contributed by atoms with Gasteiger partial charge < -0.3 is 28.7 Å². The normalized spacial score (nSPS) is 17.6. The van der Waals surface area contributed by atoms with Gasteiger partial charge in [-0.1, -0.05) is 51.2 Å². The summed E-state index contributed by atoms with van der Waals surface area (Å²) in [6.45, 7) is 11.8. The number of methoxy groups -OCH3 is 3. The van der Waals surface area contributed by atoms with Gasteiger partial charge in [-0.15, -0.1) is 0 Å². The third-order valence-electron chi connectivity index (χ3n) is 7.12. The van der Waals surface area contributed by atoms with Gasteiger partial charge in [-0.3, -0.25) is 4.79 Å². The molecule has 0 spiro atoms. The molecule has 4 rings (SSSR count). The Morgan fingerprint density at radius 3 is 2.33 bits per heavy atom. The number of nitrogens with zero attached hydrogens (tertiary/aromatic N) is 2. The second-order valence-corrected chi connectivity index (χ2v) is 14.9. The van der Waals surface area contributed by atoms with Crippen molar-refractivity contribution >= 4 is 24.9 Å². The first-order valence-corrected chi connectivity index (χ1v) is 15.0. The third kappa shape index (κ3) is 4.64. The van der Waals surface area contributed by atoms with Crippen molar-refractivity contribution in [2.75, 3.05) is 26.6 Å². The maximum absolute atomic E-state index is 12.9. The van der Waals surface area contributed by atoms with E-state index in [0.29, 0.717) is 11.7 Å². The van der Waals surface area contributed by atoms with Gasteiger partial charge in [0.1, 0.15) is 5.75 Å². The van der Waals surface area contributed by atoms with E-state index in [-0.39, 0.29) is 40.6 Å². The van der Waals surface area contributed by atoms with E-state index in [2.05, 4.69) is 61.3 Å². The highest BCUT2D eigenvalue weighted by Crippen LogP contribution is 2.42. The van der Waals surface area contributed by atoms with Crippen molar-refractivity contribution in [1.29, 1.82) is 0 Å². The van der Waals surface area contributed by atoms with Crippen LogP contribution in [0.25, 0.3) is 0 Å². The van der Waals surface area contributed by atoms with Crippen LogP contribution in [-0.4, -0.2) is 45.3 Å². The lowest BCUT2D eigenvalue weighted by molar-refractivity contribution is 0.0990. The predicted octanol–water partition coefficient (Wildman–Crippen LogP) is 4.98. The highest BCUT2D eigenvalue weighted by molar-refractivity contribution is 6.90. The number of benzene rings is 1. The minimum absolute atomic E-state index is 0.0458. The van der Waals surface area contributed by atoms with Crippen LogP contribution < -0.4 is 29.5 Å².